The third-order valence-corrected chi connectivity index (χ3v) is 4.53. The molecule has 2 rings (SSSR count). The minimum absolute atomic E-state index is 0.0962. The van der Waals surface area contributed by atoms with Gasteiger partial charge in [-0.25, -0.2) is 0 Å². The highest BCUT2D eigenvalue weighted by molar-refractivity contribution is 5.94. The largest absolute Gasteiger partial charge is 0.352 e. The van der Waals surface area contributed by atoms with E-state index >= 15 is 0 Å². The molecule has 1 atom stereocenters. The van der Waals surface area contributed by atoms with Gasteiger partial charge in [-0.2, -0.15) is 0 Å². The van der Waals surface area contributed by atoms with E-state index in [1.165, 1.54) is 0 Å². The Hall–Kier alpha value is -2.62. The van der Waals surface area contributed by atoms with E-state index in [-0.39, 0.29) is 17.9 Å². The van der Waals surface area contributed by atoms with Crippen LogP contribution >= 0.6 is 0 Å². The summed E-state index contributed by atoms with van der Waals surface area (Å²) >= 11 is 0. The molecule has 0 saturated carbocycles. The van der Waals surface area contributed by atoms with Gasteiger partial charge in [-0.05, 0) is 37.5 Å². The number of carbonyl (C=O) groups is 2. The number of carbonyl (C=O) groups excluding carboxylic acids is 2. The molecular weight excluding hydrogens is 324 g/mol. The van der Waals surface area contributed by atoms with E-state index in [4.69, 9.17) is 0 Å². The Morgan fingerprint density at radius 2 is 1.62 bits per heavy atom. The number of nitrogens with one attached hydrogen (secondary N) is 1. The third kappa shape index (κ3) is 6.03. The third-order valence-electron chi connectivity index (χ3n) is 4.53. The summed E-state index contributed by atoms with van der Waals surface area (Å²) in [4.78, 5) is 26.6. The molecule has 2 aromatic carbocycles. The fraction of sp³-hybridized carbons (Fsp3) is 0.364. The fourth-order valence-corrected chi connectivity index (χ4v) is 2.77. The average molecular weight is 352 g/mol. The van der Waals surface area contributed by atoms with Gasteiger partial charge in [-0.1, -0.05) is 55.5 Å². The molecule has 0 aliphatic rings. The summed E-state index contributed by atoms with van der Waals surface area (Å²) in [5.74, 6) is 0.0401. The fourth-order valence-electron chi connectivity index (χ4n) is 2.77. The number of rotatable bonds is 9. The van der Waals surface area contributed by atoms with Crippen LogP contribution in [0.5, 0.6) is 0 Å². The van der Waals surface area contributed by atoms with Crippen LogP contribution in [0.1, 0.15) is 49.0 Å². The Morgan fingerprint density at radius 3 is 2.23 bits per heavy atom. The van der Waals surface area contributed by atoms with Crippen LogP contribution in [0.2, 0.25) is 0 Å². The van der Waals surface area contributed by atoms with Crippen LogP contribution in [0.3, 0.4) is 0 Å². The van der Waals surface area contributed by atoms with Gasteiger partial charge in [0.2, 0.25) is 5.91 Å². The molecule has 0 aromatic heterocycles. The molecule has 0 bridgehead atoms. The number of benzene rings is 2. The maximum Gasteiger partial charge on any atom is 0.251 e. The molecule has 2 amide bonds. The van der Waals surface area contributed by atoms with E-state index in [1.54, 1.807) is 12.1 Å². The highest BCUT2D eigenvalue weighted by Gasteiger charge is 2.18. The standard InChI is InChI=1S/C22H28N2O2/c1-3-18(2)24(17-19-11-6-4-7-12-19)21(25)15-10-16-23-22(26)20-13-8-5-9-14-20/h4-9,11-14,18H,3,10,15-17H2,1-2H3,(H,23,26). The summed E-state index contributed by atoms with van der Waals surface area (Å²) in [6.07, 6.45) is 1.99. The first-order chi connectivity index (χ1) is 12.6. The van der Waals surface area contributed by atoms with Crippen LogP contribution in [0.4, 0.5) is 0 Å². The zero-order valence-electron chi connectivity index (χ0n) is 15.7. The topological polar surface area (TPSA) is 49.4 Å². The van der Waals surface area contributed by atoms with Gasteiger partial charge in [-0.15, -0.1) is 0 Å². The average Bonchev–Trinajstić information content (AvgIpc) is 2.70. The van der Waals surface area contributed by atoms with Crippen LogP contribution < -0.4 is 5.32 Å². The molecule has 0 heterocycles. The van der Waals surface area contributed by atoms with Gasteiger partial charge in [-0.3, -0.25) is 9.59 Å². The number of nitrogens with zero attached hydrogens (tertiary/aromatic N) is 1. The van der Waals surface area contributed by atoms with Crippen molar-refractivity contribution < 1.29 is 9.59 Å². The molecule has 0 saturated heterocycles. The Morgan fingerprint density at radius 1 is 1.00 bits per heavy atom. The van der Waals surface area contributed by atoms with Crippen LogP contribution in [-0.4, -0.2) is 29.3 Å². The van der Waals surface area contributed by atoms with Crippen molar-refractivity contribution in [2.24, 2.45) is 0 Å². The summed E-state index contributed by atoms with van der Waals surface area (Å²) in [5.41, 5.74) is 1.78. The smallest absolute Gasteiger partial charge is 0.251 e. The normalized spacial score (nSPS) is 11.6. The quantitative estimate of drug-likeness (QED) is 0.693. The van der Waals surface area contributed by atoms with E-state index in [1.807, 2.05) is 53.4 Å². The lowest BCUT2D eigenvalue weighted by Gasteiger charge is -2.29. The molecular formula is C22H28N2O2. The van der Waals surface area contributed by atoms with Crippen molar-refractivity contribution in [2.45, 2.75) is 45.7 Å². The van der Waals surface area contributed by atoms with Gasteiger partial charge in [0, 0.05) is 31.1 Å². The minimum atomic E-state index is -0.0962. The van der Waals surface area contributed by atoms with Crippen molar-refractivity contribution in [3.05, 3.63) is 71.8 Å². The molecule has 0 aliphatic carbocycles. The second-order valence-electron chi connectivity index (χ2n) is 6.49. The van der Waals surface area contributed by atoms with E-state index in [0.717, 1.165) is 12.0 Å². The molecule has 2 aromatic rings. The van der Waals surface area contributed by atoms with E-state index in [9.17, 15) is 9.59 Å². The van der Waals surface area contributed by atoms with Crippen LogP contribution in [0.25, 0.3) is 0 Å². The van der Waals surface area contributed by atoms with Crippen molar-refractivity contribution in [1.29, 1.82) is 0 Å². The Bertz CT molecular complexity index is 686. The van der Waals surface area contributed by atoms with Gasteiger partial charge in [0.15, 0.2) is 0 Å². The zero-order valence-corrected chi connectivity index (χ0v) is 15.7. The molecule has 0 radical (unpaired) electrons. The van der Waals surface area contributed by atoms with Gasteiger partial charge in [0.05, 0.1) is 0 Å². The predicted molar refractivity (Wildman–Crippen MR) is 105 cm³/mol. The minimum Gasteiger partial charge on any atom is -0.352 e. The number of hydrogen-bond donors (Lipinski definition) is 1. The molecule has 0 fully saturated rings. The monoisotopic (exact) mass is 352 g/mol. The first-order valence-corrected chi connectivity index (χ1v) is 9.28. The van der Waals surface area contributed by atoms with Crippen molar-refractivity contribution in [2.75, 3.05) is 6.54 Å². The molecule has 1 unspecified atom stereocenters. The van der Waals surface area contributed by atoms with Gasteiger partial charge in [0.25, 0.3) is 5.91 Å². The van der Waals surface area contributed by atoms with Crippen LogP contribution in [0, 0.1) is 0 Å². The lowest BCUT2D eigenvalue weighted by atomic mass is 10.1. The summed E-state index contributed by atoms with van der Waals surface area (Å²) in [7, 11) is 0. The summed E-state index contributed by atoms with van der Waals surface area (Å²) in [6.45, 7) is 5.30. The Kier molecular flexibility index (Phi) is 7.87. The molecule has 0 aliphatic heterocycles. The SMILES string of the molecule is CCC(C)N(Cc1ccccc1)C(=O)CCCNC(=O)c1ccccc1. The molecule has 4 nitrogen and oxygen atoms in total. The first-order valence-electron chi connectivity index (χ1n) is 9.28. The van der Waals surface area contributed by atoms with Crippen molar-refractivity contribution in [1.82, 2.24) is 10.2 Å². The van der Waals surface area contributed by atoms with Crippen LogP contribution in [0.15, 0.2) is 60.7 Å². The summed E-state index contributed by atoms with van der Waals surface area (Å²) < 4.78 is 0. The molecule has 4 heteroatoms. The molecule has 1 N–H and O–H groups in total. The maximum atomic E-state index is 12.7. The van der Waals surface area contributed by atoms with Gasteiger partial charge < -0.3 is 10.2 Å². The van der Waals surface area contributed by atoms with Crippen molar-refractivity contribution in [3.63, 3.8) is 0 Å². The Balaban J connectivity index is 1.82. The lowest BCUT2D eigenvalue weighted by Crippen LogP contribution is -2.38. The zero-order chi connectivity index (χ0) is 18.8. The maximum absolute atomic E-state index is 12.7. The van der Waals surface area contributed by atoms with Crippen molar-refractivity contribution in [3.8, 4) is 0 Å². The Labute approximate surface area is 156 Å². The molecule has 0 spiro atoms. The number of hydrogen-bond acceptors (Lipinski definition) is 2. The summed E-state index contributed by atoms with van der Waals surface area (Å²) in [6, 6.07) is 19.4. The highest BCUT2D eigenvalue weighted by atomic mass is 16.2. The predicted octanol–water partition coefficient (Wildman–Crippen LogP) is 4.02. The molecule has 26 heavy (non-hydrogen) atoms. The van der Waals surface area contributed by atoms with Crippen LogP contribution in [-0.2, 0) is 11.3 Å². The van der Waals surface area contributed by atoms with E-state index in [0.29, 0.717) is 31.5 Å². The summed E-state index contributed by atoms with van der Waals surface area (Å²) in [5, 5.41) is 2.88. The second kappa shape index (κ2) is 10.4. The van der Waals surface area contributed by atoms with E-state index < -0.39 is 0 Å². The van der Waals surface area contributed by atoms with Crippen molar-refractivity contribution >= 4 is 11.8 Å². The number of amides is 2. The molecule has 138 valence electrons. The first kappa shape index (κ1) is 19.7. The lowest BCUT2D eigenvalue weighted by molar-refractivity contribution is -0.134. The van der Waals surface area contributed by atoms with Gasteiger partial charge in [0.1, 0.15) is 0 Å². The highest BCUT2D eigenvalue weighted by Crippen LogP contribution is 2.13. The second-order valence-corrected chi connectivity index (χ2v) is 6.49. The van der Waals surface area contributed by atoms with E-state index in [2.05, 4.69) is 19.2 Å². The van der Waals surface area contributed by atoms with Gasteiger partial charge >= 0.3 is 0 Å².